The molecule has 0 unspecified atom stereocenters. The van der Waals surface area contributed by atoms with Crippen LogP contribution in [0.2, 0.25) is 0 Å². The van der Waals surface area contributed by atoms with Gasteiger partial charge >= 0.3 is 5.97 Å². The molecule has 0 aliphatic rings. The third-order valence-electron chi connectivity index (χ3n) is 2.64. The molecule has 0 aliphatic heterocycles. The average Bonchev–Trinajstić information content (AvgIpc) is 2.26. The first-order chi connectivity index (χ1) is 9.09. The van der Waals surface area contributed by atoms with Gasteiger partial charge in [0.15, 0.2) is 0 Å². The summed E-state index contributed by atoms with van der Waals surface area (Å²) in [6, 6.07) is 4.00. The van der Waals surface area contributed by atoms with Crippen LogP contribution in [-0.4, -0.2) is 38.7 Å². The lowest BCUT2D eigenvalue weighted by molar-refractivity contribution is 0.0696. The zero-order valence-electron chi connectivity index (χ0n) is 11.9. The molecule has 0 fully saturated rings. The fourth-order valence-corrected chi connectivity index (χ4v) is 3.50. The van der Waals surface area contributed by atoms with E-state index in [2.05, 4.69) is 4.72 Å². The van der Waals surface area contributed by atoms with E-state index in [4.69, 9.17) is 9.84 Å². The molecule has 6 nitrogen and oxygen atoms in total. The number of carboxylic acids is 1. The maximum atomic E-state index is 12.4. The summed E-state index contributed by atoms with van der Waals surface area (Å²) in [4.78, 5) is 10.9. The largest absolute Gasteiger partial charge is 0.478 e. The first-order valence-corrected chi connectivity index (χ1v) is 7.44. The summed E-state index contributed by atoms with van der Waals surface area (Å²) in [6.07, 6.45) is 0. The zero-order chi connectivity index (χ0) is 15.6. The van der Waals surface area contributed by atoms with Gasteiger partial charge in [-0.05, 0) is 38.5 Å². The van der Waals surface area contributed by atoms with Crippen LogP contribution in [0.5, 0.6) is 0 Å². The van der Waals surface area contributed by atoms with Crippen molar-refractivity contribution in [1.82, 2.24) is 4.72 Å². The predicted molar refractivity (Wildman–Crippen MR) is 74.4 cm³/mol. The number of methoxy groups -OCH3 is 1. The maximum Gasteiger partial charge on any atom is 0.335 e. The van der Waals surface area contributed by atoms with Gasteiger partial charge in [0.05, 0.1) is 22.6 Å². The van der Waals surface area contributed by atoms with Gasteiger partial charge in [0.25, 0.3) is 0 Å². The molecule has 1 aromatic carbocycles. The third-order valence-corrected chi connectivity index (χ3v) is 4.48. The van der Waals surface area contributed by atoms with E-state index >= 15 is 0 Å². The van der Waals surface area contributed by atoms with Crippen molar-refractivity contribution in [3.05, 3.63) is 29.3 Å². The lowest BCUT2D eigenvalue weighted by Crippen LogP contribution is -2.46. The zero-order valence-corrected chi connectivity index (χ0v) is 12.7. The minimum Gasteiger partial charge on any atom is -0.478 e. The molecule has 112 valence electrons. The number of ether oxygens (including phenoxy) is 1. The van der Waals surface area contributed by atoms with Gasteiger partial charge in [-0.25, -0.2) is 17.9 Å². The molecule has 0 bridgehead atoms. The Balaban J connectivity index is 3.22. The molecule has 0 atom stereocenters. The van der Waals surface area contributed by atoms with Crippen molar-refractivity contribution in [3.8, 4) is 0 Å². The van der Waals surface area contributed by atoms with Crippen molar-refractivity contribution in [2.75, 3.05) is 13.7 Å². The fraction of sp³-hybridized carbons (Fsp3) is 0.462. The Hall–Kier alpha value is -1.44. The summed E-state index contributed by atoms with van der Waals surface area (Å²) in [5, 5.41) is 8.95. The van der Waals surface area contributed by atoms with Crippen LogP contribution in [0.25, 0.3) is 0 Å². The smallest absolute Gasteiger partial charge is 0.335 e. The lowest BCUT2D eigenvalue weighted by Gasteiger charge is -2.25. The number of hydrogen-bond donors (Lipinski definition) is 2. The SMILES string of the molecule is COCC(C)(C)NS(=O)(=O)c1cc(C(=O)O)ccc1C. The number of carboxylic acid groups (broad SMARTS) is 1. The monoisotopic (exact) mass is 301 g/mol. The van der Waals surface area contributed by atoms with Gasteiger partial charge in [0, 0.05) is 7.11 Å². The molecule has 0 aromatic heterocycles. The molecular formula is C13H19NO5S. The number of rotatable bonds is 6. The van der Waals surface area contributed by atoms with E-state index < -0.39 is 21.5 Å². The number of hydrogen-bond acceptors (Lipinski definition) is 4. The van der Waals surface area contributed by atoms with Crippen LogP contribution in [0, 0.1) is 6.92 Å². The van der Waals surface area contributed by atoms with Crippen LogP contribution in [0.1, 0.15) is 29.8 Å². The third kappa shape index (κ3) is 4.03. The van der Waals surface area contributed by atoms with Crippen molar-refractivity contribution in [3.63, 3.8) is 0 Å². The first kappa shape index (κ1) is 16.6. The van der Waals surface area contributed by atoms with E-state index in [1.165, 1.54) is 19.2 Å². The molecule has 0 radical (unpaired) electrons. The van der Waals surface area contributed by atoms with Crippen molar-refractivity contribution in [2.24, 2.45) is 0 Å². The Morgan fingerprint density at radius 2 is 2.00 bits per heavy atom. The standard InChI is InChI=1S/C13H19NO5S/c1-9-5-6-10(12(15)16)7-11(9)20(17,18)14-13(2,3)8-19-4/h5-7,14H,8H2,1-4H3,(H,15,16). The maximum absolute atomic E-state index is 12.4. The number of sulfonamides is 1. The molecule has 0 saturated carbocycles. The second-order valence-electron chi connectivity index (χ2n) is 5.21. The molecule has 1 aromatic rings. The normalized spacial score (nSPS) is 12.4. The minimum atomic E-state index is -3.82. The van der Waals surface area contributed by atoms with E-state index in [1.54, 1.807) is 20.8 Å². The van der Waals surface area contributed by atoms with Crippen molar-refractivity contribution in [2.45, 2.75) is 31.2 Å². The predicted octanol–water partition coefficient (Wildman–Crippen LogP) is 1.40. The van der Waals surface area contributed by atoms with Crippen LogP contribution >= 0.6 is 0 Å². The number of aryl methyl sites for hydroxylation is 1. The number of nitrogens with one attached hydrogen (secondary N) is 1. The van der Waals surface area contributed by atoms with Gasteiger partial charge in [-0.1, -0.05) is 6.07 Å². The quantitative estimate of drug-likeness (QED) is 0.828. The Morgan fingerprint density at radius 1 is 1.40 bits per heavy atom. The van der Waals surface area contributed by atoms with Crippen molar-refractivity contribution in [1.29, 1.82) is 0 Å². The van der Waals surface area contributed by atoms with Gasteiger partial charge in [-0.15, -0.1) is 0 Å². The van der Waals surface area contributed by atoms with Gasteiger partial charge in [-0.3, -0.25) is 0 Å². The molecule has 0 heterocycles. The highest BCUT2D eigenvalue weighted by Crippen LogP contribution is 2.19. The van der Waals surface area contributed by atoms with Crippen molar-refractivity contribution < 1.29 is 23.1 Å². The lowest BCUT2D eigenvalue weighted by atomic mass is 10.1. The van der Waals surface area contributed by atoms with E-state index in [-0.39, 0.29) is 17.1 Å². The minimum absolute atomic E-state index is 0.0402. The van der Waals surface area contributed by atoms with Crippen LogP contribution < -0.4 is 4.72 Å². The topological polar surface area (TPSA) is 92.7 Å². The summed E-state index contributed by atoms with van der Waals surface area (Å²) in [5.74, 6) is -1.17. The Labute approximate surface area is 118 Å². The summed E-state index contributed by atoms with van der Waals surface area (Å²) in [6.45, 7) is 5.18. The summed E-state index contributed by atoms with van der Waals surface area (Å²) in [5.41, 5.74) is -0.379. The highest BCUT2D eigenvalue weighted by atomic mass is 32.2. The highest BCUT2D eigenvalue weighted by molar-refractivity contribution is 7.89. The van der Waals surface area contributed by atoms with E-state index in [9.17, 15) is 13.2 Å². The van der Waals surface area contributed by atoms with Crippen LogP contribution in [0.15, 0.2) is 23.1 Å². The Kier molecular flexibility index (Phi) is 4.90. The molecule has 0 spiro atoms. The average molecular weight is 301 g/mol. The number of aromatic carboxylic acids is 1. The van der Waals surface area contributed by atoms with Crippen LogP contribution in [-0.2, 0) is 14.8 Å². The van der Waals surface area contributed by atoms with Gasteiger partial charge < -0.3 is 9.84 Å². The molecule has 0 aliphatic carbocycles. The van der Waals surface area contributed by atoms with Gasteiger partial charge in [-0.2, -0.15) is 0 Å². The highest BCUT2D eigenvalue weighted by Gasteiger charge is 2.27. The molecule has 20 heavy (non-hydrogen) atoms. The van der Waals surface area contributed by atoms with Crippen LogP contribution in [0.4, 0.5) is 0 Å². The molecule has 0 amide bonds. The second-order valence-corrected chi connectivity index (χ2v) is 6.86. The first-order valence-electron chi connectivity index (χ1n) is 5.96. The Bertz CT molecular complexity index is 607. The van der Waals surface area contributed by atoms with Gasteiger partial charge in [0.1, 0.15) is 0 Å². The fourth-order valence-electron chi connectivity index (χ4n) is 1.83. The van der Waals surface area contributed by atoms with Crippen LogP contribution in [0.3, 0.4) is 0 Å². The molecule has 1 rings (SSSR count). The molecule has 7 heteroatoms. The molecular weight excluding hydrogens is 282 g/mol. The van der Waals surface area contributed by atoms with E-state index in [0.717, 1.165) is 6.07 Å². The summed E-state index contributed by atoms with van der Waals surface area (Å²) >= 11 is 0. The summed E-state index contributed by atoms with van der Waals surface area (Å²) in [7, 11) is -2.34. The Morgan fingerprint density at radius 3 is 2.50 bits per heavy atom. The molecule has 0 saturated heterocycles. The second kappa shape index (κ2) is 5.90. The van der Waals surface area contributed by atoms with E-state index in [0.29, 0.717) is 5.56 Å². The summed E-state index contributed by atoms with van der Waals surface area (Å²) < 4.78 is 32.2. The van der Waals surface area contributed by atoms with Gasteiger partial charge in [0.2, 0.25) is 10.0 Å². The number of carbonyl (C=O) groups is 1. The van der Waals surface area contributed by atoms with E-state index in [1.807, 2.05) is 0 Å². The number of benzene rings is 1. The molecule has 2 N–H and O–H groups in total. The van der Waals surface area contributed by atoms with Crippen molar-refractivity contribution >= 4 is 16.0 Å².